The number of nitrogens with two attached hydrogens (primary N) is 1. The third-order valence-electron chi connectivity index (χ3n) is 3.68. The predicted molar refractivity (Wildman–Crippen MR) is 92.0 cm³/mol. The molecule has 0 bridgehead atoms. The van der Waals surface area contributed by atoms with Gasteiger partial charge in [-0.15, -0.1) is 24.0 Å². The highest BCUT2D eigenvalue weighted by atomic mass is 127. The van der Waals surface area contributed by atoms with Gasteiger partial charge < -0.3 is 15.4 Å². The Kier molecular flexibility index (Phi) is 6.16. The number of rotatable bonds is 4. The molecule has 2 N–H and O–H groups in total. The number of morpholine rings is 1. The van der Waals surface area contributed by atoms with Gasteiger partial charge in [0, 0.05) is 37.9 Å². The lowest BCUT2D eigenvalue weighted by Gasteiger charge is -2.27. The molecule has 2 aliphatic rings. The summed E-state index contributed by atoms with van der Waals surface area (Å²) in [5, 5.41) is 0. The van der Waals surface area contributed by atoms with Crippen molar-refractivity contribution in [3.05, 3.63) is 23.8 Å². The first-order valence-corrected chi connectivity index (χ1v) is 7.26. The summed E-state index contributed by atoms with van der Waals surface area (Å²) in [5.74, 6) is 2.22. The summed E-state index contributed by atoms with van der Waals surface area (Å²) >= 11 is 0. The molecule has 1 aliphatic carbocycles. The Morgan fingerprint density at radius 1 is 1.29 bits per heavy atom. The van der Waals surface area contributed by atoms with Crippen LogP contribution < -0.4 is 5.73 Å². The third-order valence-corrected chi connectivity index (χ3v) is 3.68. The second-order valence-corrected chi connectivity index (χ2v) is 5.31. The Morgan fingerprint density at radius 2 is 1.95 bits per heavy atom. The maximum atomic E-state index is 5.97. The number of hydrogen-bond acceptors (Lipinski definition) is 4. The monoisotopic (exact) mass is 403 g/mol. The average molecular weight is 403 g/mol. The first-order valence-electron chi connectivity index (χ1n) is 7.26. The second kappa shape index (κ2) is 7.88. The molecule has 2 heterocycles. The van der Waals surface area contributed by atoms with Crippen molar-refractivity contribution >= 4 is 29.9 Å². The van der Waals surface area contributed by atoms with Crippen molar-refractivity contribution in [2.75, 3.05) is 32.8 Å². The first-order chi connectivity index (χ1) is 9.83. The Hall–Kier alpha value is -0.960. The van der Waals surface area contributed by atoms with Gasteiger partial charge in [0.25, 0.3) is 0 Å². The summed E-state index contributed by atoms with van der Waals surface area (Å²) in [7, 11) is 0. The highest BCUT2D eigenvalue weighted by Gasteiger charge is 2.25. The van der Waals surface area contributed by atoms with Crippen molar-refractivity contribution in [2.45, 2.75) is 25.2 Å². The van der Waals surface area contributed by atoms with Crippen LogP contribution in [0.25, 0.3) is 0 Å². The molecule has 116 valence electrons. The van der Waals surface area contributed by atoms with Crippen LogP contribution in [0.15, 0.2) is 17.4 Å². The molecule has 0 atom stereocenters. The lowest BCUT2D eigenvalue weighted by atomic mass is 10.2. The average Bonchev–Trinajstić information content (AvgIpc) is 3.33. The van der Waals surface area contributed by atoms with Gasteiger partial charge >= 0.3 is 0 Å². The highest BCUT2D eigenvalue weighted by Crippen LogP contribution is 2.37. The predicted octanol–water partition coefficient (Wildman–Crippen LogP) is 1.16. The molecular weight excluding hydrogens is 381 g/mol. The van der Waals surface area contributed by atoms with Crippen molar-refractivity contribution in [3.8, 4) is 0 Å². The van der Waals surface area contributed by atoms with Gasteiger partial charge in [-0.05, 0) is 24.8 Å². The van der Waals surface area contributed by atoms with Crippen molar-refractivity contribution in [1.82, 2.24) is 14.9 Å². The molecule has 1 saturated carbocycles. The molecule has 2 fully saturated rings. The smallest absolute Gasteiger partial charge is 0.191 e. The van der Waals surface area contributed by atoms with E-state index in [9.17, 15) is 0 Å². The zero-order chi connectivity index (χ0) is 13.8. The van der Waals surface area contributed by atoms with Crippen molar-refractivity contribution in [1.29, 1.82) is 0 Å². The minimum atomic E-state index is 0. The first kappa shape index (κ1) is 16.4. The van der Waals surface area contributed by atoms with Crippen molar-refractivity contribution < 1.29 is 4.74 Å². The summed E-state index contributed by atoms with van der Waals surface area (Å²) in [6.45, 7) is 3.79. The SMILES string of the molecule is I.NC(=NCCc1cnc(C2CC2)nc1)N1CCOCC1. The number of aromatic nitrogens is 2. The fourth-order valence-corrected chi connectivity index (χ4v) is 2.24. The lowest BCUT2D eigenvalue weighted by Crippen LogP contribution is -2.44. The minimum Gasteiger partial charge on any atom is -0.378 e. The fraction of sp³-hybridized carbons (Fsp3) is 0.643. The standard InChI is InChI=1S/C14H21N5O.HI/c15-14(19-5-7-20-8-6-19)16-4-3-11-9-17-13(18-10-11)12-1-2-12;/h9-10,12H,1-8H2,(H2,15,16);1H. The quantitative estimate of drug-likeness (QED) is 0.464. The van der Waals surface area contributed by atoms with Gasteiger partial charge in [0.15, 0.2) is 5.96 Å². The number of hydrogen-bond donors (Lipinski definition) is 1. The molecular formula is C14H22IN5O. The minimum absolute atomic E-state index is 0. The molecule has 1 aromatic rings. The lowest BCUT2D eigenvalue weighted by molar-refractivity contribution is 0.0674. The largest absolute Gasteiger partial charge is 0.378 e. The van der Waals surface area contributed by atoms with Crippen LogP contribution in [-0.2, 0) is 11.2 Å². The van der Waals surface area contributed by atoms with E-state index in [0.29, 0.717) is 18.4 Å². The summed E-state index contributed by atoms with van der Waals surface area (Å²) < 4.78 is 5.29. The van der Waals surface area contributed by atoms with Crippen LogP contribution in [0.1, 0.15) is 30.1 Å². The maximum absolute atomic E-state index is 5.97. The molecule has 3 rings (SSSR count). The molecule has 1 aromatic heterocycles. The van der Waals surface area contributed by atoms with E-state index in [0.717, 1.165) is 44.1 Å². The van der Waals surface area contributed by atoms with Crippen LogP contribution >= 0.6 is 24.0 Å². The van der Waals surface area contributed by atoms with Crippen LogP contribution in [0.2, 0.25) is 0 Å². The van der Waals surface area contributed by atoms with Gasteiger partial charge in [0.1, 0.15) is 5.82 Å². The summed E-state index contributed by atoms with van der Waals surface area (Å²) in [6, 6.07) is 0. The summed E-state index contributed by atoms with van der Waals surface area (Å²) in [5.41, 5.74) is 7.09. The van der Waals surface area contributed by atoms with Gasteiger partial charge in [-0.3, -0.25) is 4.99 Å². The molecule has 1 aliphatic heterocycles. The van der Waals surface area contributed by atoms with E-state index in [2.05, 4.69) is 19.9 Å². The van der Waals surface area contributed by atoms with Crippen LogP contribution in [0.3, 0.4) is 0 Å². The van der Waals surface area contributed by atoms with E-state index in [-0.39, 0.29) is 24.0 Å². The Bertz CT molecular complexity index is 469. The molecule has 0 amide bonds. The van der Waals surface area contributed by atoms with E-state index in [1.807, 2.05) is 12.4 Å². The van der Waals surface area contributed by atoms with Crippen LogP contribution in [-0.4, -0.2) is 53.7 Å². The molecule has 0 radical (unpaired) electrons. The van der Waals surface area contributed by atoms with Gasteiger partial charge in [-0.25, -0.2) is 9.97 Å². The van der Waals surface area contributed by atoms with E-state index in [1.165, 1.54) is 12.8 Å². The van der Waals surface area contributed by atoms with E-state index in [1.54, 1.807) is 0 Å². The Balaban J connectivity index is 0.00000161. The van der Waals surface area contributed by atoms with Gasteiger partial charge in [-0.1, -0.05) is 0 Å². The zero-order valence-corrected chi connectivity index (χ0v) is 14.4. The molecule has 1 saturated heterocycles. The van der Waals surface area contributed by atoms with Crippen LogP contribution in [0.5, 0.6) is 0 Å². The van der Waals surface area contributed by atoms with Crippen molar-refractivity contribution in [2.24, 2.45) is 10.7 Å². The maximum Gasteiger partial charge on any atom is 0.191 e. The van der Waals surface area contributed by atoms with Crippen LogP contribution in [0, 0.1) is 0 Å². The number of guanidine groups is 1. The molecule has 0 spiro atoms. The third kappa shape index (κ3) is 4.77. The number of nitrogens with zero attached hydrogens (tertiary/aromatic N) is 4. The summed E-state index contributed by atoms with van der Waals surface area (Å²) in [4.78, 5) is 15.3. The molecule has 0 aromatic carbocycles. The number of halogens is 1. The fourth-order valence-electron chi connectivity index (χ4n) is 2.24. The Labute approximate surface area is 142 Å². The normalized spacial score (nSPS) is 19.2. The number of aliphatic imine (C=N–C) groups is 1. The van der Waals surface area contributed by atoms with E-state index >= 15 is 0 Å². The number of ether oxygens (including phenoxy) is 1. The summed E-state index contributed by atoms with van der Waals surface area (Å²) in [6.07, 6.45) is 7.14. The zero-order valence-electron chi connectivity index (χ0n) is 12.1. The van der Waals surface area contributed by atoms with Gasteiger partial charge in [0.05, 0.1) is 13.2 Å². The highest BCUT2D eigenvalue weighted by molar-refractivity contribution is 14.0. The second-order valence-electron chi connectivity index (χ2n) is 5.31. The molecule has 21 heavy (non-hydrogen) atoms. The van der Waals surface area contributed by atoms with Crippen molar-refractivity contribution in [3.63, 3.8) is 0 Å². The molecule has 0 unspecified atom stereocenters. The van der Waals surface area contributed by atoms with Gasteiger partial charge in [0.2, 0.25) is 0 Å². The Morgan fingerprint density at radius 3 is 2.57 bits per heavy atom. The van der Waals surface area contributed by atoms with Crippen LogP contribution in [0.4, 0.5) is 0 Å². The van der Waals surface area contributed by atoms with E-state index in [4.69, 9.17) is 10.5 Å². The van der Waals surface area contributed by atoms with E-state index < -0.39 is 0 Å². The molecule has 6 nitrogen and oxygen atoms in total. The molecule has 7 heteroatoms. The van der Waals surface area contributed by atoms with Gasteiger partial charge in [-0.2, -0.15) is 0 Å². The topological polar surface area (TPSA) is 76.6 Å².